The highest BCUT2D eigenvalue weighted by atomic mass is 33.1. The molecule has 0 aromatic heterocycles. The third-order valence-corrected chi connectivity index (χ3v) is 4.56. The van der Waals surface area contributed by atoms with Crippen LogP contribution in [0.4, 0.5) is 0 Å². The molecule has 1 fully saturated rings. The fraction of sp³-hybridized carbons (Fsp3) is 0.875. The Labute approximate surface area is 81.6 Å². The monoisotopic (exact) mass is 205 g/mol. The van der Waals surface area contributed by atoms with Crippen molar-refractivity contribution in [1.29, 1.82) is 0 Å². The summed E-state index contributed by atoms with van der Waals surface area (Å²) in [5.74, 6) is 0. The van der Waals surface area contributed by atoms with Crippen molar-refractivity contribution in [2.45, 2.75) is 38.0 Å². The molecule has 4 heteroatoms. The van der Waals surface area contributed by atoms with E-state index in [1.54, 1.807) is 10.8 Å². The molecule has 1 heterocycles. The van der Waals surface area contributed by atoms with Gasteiger partial charge in [-0.3, -0.25) is 4.79 Å². The van der Waals surface area contributed by atoms with Gasteiger partial charge in [-0.05, 0) is 36.6 Å². The number of piperidine rings is 1. The van der Waals surface area contributed by atoms with Gasteiger partial charge in [0.2, 0.25) is 0 Å². The van der Waals surface area contributed by atoms with Gasteiger partial charge in [0.1, 0.15) is 0 Å². The zero-order chi connectivity index (χ0) is 8.81. The first kappa shape index (κ1) is 10.4. The minimum absolute atomic E-state index is 0.285. The summed E-state index contributed by atoms with van der Waals surface area (Å²) in [4.78, 5) is 11.0. The van der Waals surface area contributed by atoms with Crippen molar-refractivity contribution in [3.8, 4) is 0 Å². The number of carbonyl (C=O) groups is 1. The molecule has 12 heavy (non-hydrogen) atoms. The maximum atomic E-state index is 11.0. The Bertz CT molecular complexity index is 146. The van der Waals surface area contributed by atoms with Gasteiger partial charge in [-0.1, -0.05) is 17.7 Å². The summed E-state index contributed by atoms with van der Waals surface area (Å²) in [5.41, 5.74) is 0. The molecule has 0 amide bonds. The van der Waals surface area contributed by atoms with Crippen LogP contribution in [0.3, 0.4) is 0 Å². The molecule has 1 aliphatic heterocycles. The van der Waals surface area contributed by atoms with Gasteiger partial charge >= 0.3 is 0 Å². The topological polar surface area (TPSA) is 29.1 Å². The van der Waals surface area contributed by atoms with Crippen LogP contribution in [0.5, 0.6) is 0 Å². The van der Waals surface area contributed by atoms with E-state index in [4.69, 9.17) is 0 Å². The van der Waals surface area contributed by atoms with Crippen molar-refractivity contribution < 1.29 is 4.79 Å². The summed E-state index contributed by atoms with van der Waals surface area (Å²) >= 11 is 0. The van der Waals surface area contributed by atoms with Gasteiger partial charge in [0.25, 0.3) is 0 Å². The van der Waals surface area contributed by atoms with E-state index < -0.39 is 0 Å². The molecular formula is C8H15NOS2. The molecule has 0 saturated carbocycles. The van der Waals surface area contributed by atoms with E-state index in [0.717, 1.165) is 6.54 Å². The Hall–Kier alpha value is 0.330. The first-order chi connectivity index (χ1) is 5.83. The van der Waals surface area contributed by atoms with Gasteiger partial charge in [-0.25, -0.2) is 0 Å². The summed E-state index contributed by atoms with van der Waals surface area (Å²) in [7, 11) is 3.08. The van der Waals surface area contributed by atoms with Gasteiger partial charge in [0, 0.05) is 6.42 Å². The van der Waals surface area contributed by atoms with Crippen molar-refractivity contribution in [2.24, 2.45) is 0 Å². The molecule has 1 N–H and O–H groups in total. The lowest BCUT2D eigenvalue weighted by Crippen LogP contribution is -2.30. The maximum absolute atomic E-state index is 11.0. The Morgan fingerprint density at radius 1 is 1.58 bits per heavy atom. The highest BCUT2D eigenvalue weighted by Crippen LogP contribution is 2.30. The Balaban J connectivity index is 2.09. The summed E-state index contributed by atoms with van der Waals surface area (Å²) in [6, 6.07) is 0. The van der Waals surface area contributed by atoms with Gasteiger partial charge in [-0.2, -0.15) is 0 Å². The highest BCUT2D eigenvalue weighted by Gasteiger charge is 2.14. The molecule has 2 nitrogen and oxygen atoms in total. The number of hydrogen-bond donors (Lipinski definition) is 1. The average Bonchev–Trinajstić information content (AvgIpc) is 2.16. The van der Waals surface area contributed by atoms with Crippen molar-refractivity contribution in [2.75, 3.05) is 6.54 Å². The molecule has 0 aromatic carbocycles. The molecule has 1 atom stereocenters. The van der Waals surface area contributed by atoms with Crippen molar-refractivity contribution in [3.05, 3.63) is 0 Å². The smallest absolute Gasteiger partial charge is 0.199 e. The van der Waals surface area contributed by atoms with Crippen LogP contribution in [0.15, 0.2) is 0 Å². The molecule has 0 spiro atoms. The zero-order valence-corrected chi connectivity index (χ0v) is 8.97. The minimum Gasteiger partial charge on any atom is -0.305 e. The molecule has 0 radical (unpaired) electrons. The third-order valence-electron chi connectivity index (χ3n) is 1.81. The SMILES string of the molecule is CCC(=O)SSC1CCCCN1. The van der Waals surface area contributed by atoms with E-state index >= 15 is 0 Å². The number of hydrogen-bond acceptors (Lipinski definition) is 4. The predicted octanol–water partition coefficient (Wildman–Crippen LogP) is 2.40. The summed E-state index contributed by atoms with van der Waals surface area (Å²) in [5, 5.41) is 4.17. The summed E-state index contributed by atoms with van der Waals surface area (Å²) in [6.45, 7) is 3.02. The second-order valence-corrected chi connectivity index (χ2v) is 5.30. The quantitative estimate of drug-likeness (QED) is 0.716. The molecule has 0 aliphatic carbocycles. The van der Waals surface area contributed by atoms with Gasteiger partial charge in [0.15, 0.2) is 5.12 Å². The van der Waals surface area contributed by atoms with Crippen molar-refractivity contribution in [3.63, 3.8) is 0 Å². The zero-order valence-electron chi connectivity index (χ0n) is 7.34. The maximum Gasteiger partial charge on any atom is 0.199 e. The molecule has 70 valence electrons. The lowest BCUT2D eigenvalue weighted by atomic mass is 10.2. The van der Waals surface area contributed by atoms with E-state index in [-0.39, 0.29) is 5.12 Å². The summed E-state index contributed by atoms with van der Waals surface area (Å²) < 4.78 is 0. The number of rotatable bonds is 3. The predicted molar refractivity (Wildman–Crippen MR) is 56.1 cm³/mol. The van der Waals surface area contributed by atoms with E-state index in [1.165, 1.54) is 30.1 Å². The minimum atomic E-state index is 0.285. The Morgan fingerprint density at radius 3 is 3.00 bits per heavy atom. The number of nitrogens with one attached hydrogen (secondary N) is 1. The van der Waals surface area contributed by atoms with Crippen LogP contribution in [-0.2, 0) is 4.79 Å². The lowest BCUT2D eigenvalue weighted by molar-refractivity contribution is -0.110. The van der Waals surface area contributed by atoms with Gasteiger partial charge in [-0.15, -0.1) is 0 Å². The molecule has 1 rings (SSSR count). The van der Waals surface area contributed by atoms with Crippen LogP contribution < -0.4 is 5.32 Å². The largest absolute Gasteiger partial charge is 0.305 e. The normalized spacial score (nSPS) is 23.9. The van der Waals surface area contributed by atoms with Gasteiger partial charge in [0.05, 0.1) is 5.37 Å². The van der Waals surface area contributed by atoms with E-state index in [2.05, 4.69) is 5.32 Å². The fourth-order valence-electron chi connectivity index (χ4n) is 1.07. The molecule has 1 aliphatic rings. The number of carbonyl (C=O) groups excluding carboxylic acids is 1. The molecule has 1 unspecified atom stereocenters. The second kappa shape index (κ2) is 5.89. The van der Waals surface area contributed by atoms with Crippen LogP contribution in [0.25, 0.3) is 0 Å². The summed E-state index contributed by atoms with van der Waals surface area (Å²) in [6.07, 6.45) is 4.42. The second-order valence-electron chi connectivity index (χ2n) is 2.84. The first-order valence-electron chi connectivity index (χ1n) is 4.42. The molecule has 0 bridgehead atoms. The molecular weight excluding hydrogens is 190 g/mol. The van der Waals surface area contributed by atoms with E-state index in [0.29, 0.717) is 11.8 Å². The molecule has 0 aromatic rings. The Morgan fingerprint density at radius 2 is 2.42 bits per heavy atom. The van der Waals surface area contributed by atoms with Crippen molar-refractivity contribution in [1.82, 2.24) is 5.32 Å². The van der Waals surface area contributed by atoms with Crippen LogP contribution >= 0.6 is 21.6 Å². The lowest BCUT2D eigenvalue weighted by Gasteiger charge is -2.21. The van der Waals surface area contributed by atoms with Gasteiger partial charge < -0.3 is 5.32 Å². The third kappa shape index (κ3) is 3.83. The first-order valence-corrected chi connectivity index (χ1v) is 6.63. The average molecular weight is 205 g/mol. The van der Waals surface area contributed by atoms with Crippen LogP contribution in [0.1, 0.15) is 32.6 Å². The van der Waals surface area contributed by atoms with Crippen molar-refractivity contribution >= 4 is 26.7 Å². The van der Waals surface area contributed by atoms with E-state index in [1.807, 2.05) is 6.92 Å². The molecule has 1 saturated heterocycles. The Kier molecular flexibility index (Phi) is 5.11. The highest BCUT2D eigenvalue weighted by molar-refractivity contribution is 8.82. The standard InChI is InChI=1S/C8H15NOS2/c1-2-8(10)12-11-7-5-3-4-6-9-7/h7,9H,2-6H2,1H3. The fourth-order valence-corrected chi connectivity index (χ4v) is 3.38. The van der Waals surface area contributed by atoms with E-state index in [9.17, 15) is 4.79 Å². The van der Waals surface area contributed by atoms with Crippen LogP contribution in [0.2, 0.25) is 0 Å². The van der Waals surface area contributed by atoms with Crippen LogP contribution in [-0.4, -0.2) is 17.0 Å². The van der Waals surface area contributed by atoms with Crippen LogP contribution in [0, 0.1) is 0 Å².